The molecule has 2 aromatic rings. The van der Waals surface area contributed by atoms with Gasteiger partial charge in [0.2, 0.25) is 0 Å². The summed E-state index contributed by atoms with van der Waals surface area (Å²) >= 11 is 9.55. The maximum absolute atomic E-state index is 13.8. The van der Waals surface area contributed by atoms with Crippen molar-refractivity contribution in [2.24, 2.45) is 0 Å². The van der Waals surface area contributed by atoms with Crippen LogP contribution in [0.5, 0.6) is 0 Å². The van der Waals surface area contributed by atoms with Crippen LogP contribution in [-0.4, -0.2) is 12.0 Å². The van der Waals surface area contributed by atoms with E-state index in [-0.39, 0.29) is 11.9 Å². The van der Waals surface area contributed by atoms with Crippen LogP contribution in [0.15, 0.2) is 41.1 Å². The van der Waals surface area contributed by atoms with Gasteiger partial charge >= 0.3 is 0 Å². The number of rotatable bonds is 3. The monoisotopic (exact) mass is 328 g/mol. The molecule has 5 heteroatoms. The molecule has 1 aromatic heterocycles. The van der Waals surface area contributed by atoms with E-state index in [1.54, 1.807) is 25.4 Å². The molecule has 1 heterocycles. The molecule has 0 bridgehead atoms. The number of hydrogen-bond donors (Lipinski definition) is 1. The van der Waals surface area contributed by atoms with Crippen LogP contribution >= 0.6 is 27.5 Å². The molecule has 1 aromatic carbocycles. The second kappa shape index (κ2) is 5.78. The maximum atomic E-state index is 13.8. The fourth-order valence-electron chi connectivity index (χ4n) is 1.83. The highest BCUT2D eigenvalue weighted by Crippen LogP contribution is 2.31. The largest absolute Gasteiger partial charge is 0.309 e. The van der Waals surface area contributed by atoms with Crippen molar-refractivity contribution in [2.75, 3.05) is 7.05 Å². The van der Waals surface area contributed by atoms with Crippen molar-refractivity contribution in [2.45, 2.75) is 6.04 Å². The first kappa shape index (κ1) is 13.5. The van der Waals surface area contributed by atoms with E-state index in [0.717, 1.165) is 10.0 Å². The van der Waals surface area contributed by atoms with Crippen molar-refractivity contribution in [1.29, 1.82) is 0 Å². The summed E-state index contributed by atoms with van der Waals surface area (Å²) in [7, 11) is 1.77. The molecule has 1 atom stereocenters. The normalized spacial score (nSPS) is 12.4. The maximum Gasteiger partial charge on any atom is 0.146 e. The number of hydrogen-bond acceptors (Lipinski definition) is 2. The van der Waals surface area contributed by atoms with Gasteiger partial charge in [-0.2, -0.15) is 0 Å². The molecule has 0 spiro atoms. The van der Waals surface area contributed by atoms with Gasteiger partial charge in [-0.25, -0.2) is 4.39 Å². The quantitative estimate of drug-likeness (QED) is 0.922. The van der Waals surface area contributed by atoms with Crippen LogP contribution in [0.2, 0.25) is 5.02 Å². The summed E-state index contributed by atoms with van der Waals surface area (Å²) in [6.45, 7) is 0. The molecule has 0 radical (unpaired) electrons. The lowest BCUT2D eigenvalue weighted by atomic mass is 9.99. The van der Waals surface area contributed by atoms with Crippen molar-refractivity contribution in [1.82, 2.24) is 10.3 Å². The third kappa shape index (κ3) is 2.71. The van der Waals surface area contributed by atoms with Gasteiger partial charge < -0.3 is 5.32 Å². The molecule has 0 amide bonds. The number of pyridine rings is 1. The predicted octanol–water partition coefficient (Wildman–Crippen LogP) is 3.95. The van der Waals surface area contributed by atoms with Crippen LogP contribution in [-0.2, 0) is 0 Å². The van der Waals surface area contributed by atoms with E-state index in [0.29, 0.717) is 10.6 Å². The van der Waals surface area contributed by atoms with Crippen molar-refractivity contribution in [3.05, 3.63) is 63.1 Å². The topological polar surface area (TPSA) is 24.9 Å². The number of nitrogens with one attached hydrogen (secondary N) is 1. The first-order valence-electron chi connectivity index (χ1n) is 5.35. The summed E-state index contributed by atoms with van der Waals surface area (Å²) in [4.78, 5) is 3.75. The molecule has 1 N–H and O–H groups in total. The molecular weight excluding hydrogens is 319 g/mol. The molecule has 0 aliphatic rings. The molecule has 0 aliphatic carbocycles. The molecule has 18 heavy (non-hydrogen) atoms. The Hall–Kier alpha value is -0.970. The summed E-state index contributed by atoms with van der Waals surface area (Å²) in [5.41, 5.74) is 1.35. The van der Waals surface area contributed by atoms with Crippen molar-refractivity contribution >= 4 is 27.5 Å². The second-order valence-corrected chi connectivity index (χ2v) is 5.11. The summed E-state index contributed by atoms with van der Waals surface area (Å²) in [6, 6.07) is 6.89. The van der Waals surface area contributed by atoms with Crippen LogP contribution in [0.1, 0.15) is 17.2 Å². The van der Waals surface area contributed by atoms with Gasteiger partial charge in [0.25, 0.3) is 0 Å². The van der Waals surface area contributed by atoms with E-state index >= 15 is 0 Å². The first-order valence-corrected chi connectivity index (χ1v) is 6.52. The van der Waals surface area contributed by atoms with Crippen LogP contribution in [0.25, 0.3) is 0 Å². The van der Waals surface area contributed by atoms with Gasteiger partial charge in [-0.05, 0) is 30.8 Å². The van der Waals surface area contributed by atoms with E-state index in [1.807, 2.05) is 12.1 Å². The zero-order chi connectivity index (χ0) is 13.1. The Labute approximate surface area is 118 Å². The molecule has 0 aliphatic heterocycles. The Morgan fingerprint density at radius 2 is 2.11 bits per heavy atom. The van der Waals surface area contributed by atoms with Crippen LogP contribution < -0.4 is 5.32 Å². The second-order valence-electron chi connectivity index (χ2n) is 3.78. The van der Waals surface area contributed by atoms with Crippen molar-refractivity contribution in [3.63, 3.8) is 0 Å². The molecule has 0 fully saturated rings. The zero-order valence-corrected chi connectivity index (χ0v) is 12.0. The number of aromatic nitrogens is 1. The third-order valence-corrected chi connectivity index (χ3v) is 3.50. The van der Waals surface area contributed by atoms with Crippen LogP contribution in [0.3, 0.4) is 0 Å². The van der Waals surface area contributed by atoms with Gasteiger partial charge in [0.15, 0.2) is 0 Å². The third-order valence-electron chi connectivity index (χ3n) is 2.68. The van der Waals surface area contributed by atoms with Crippen LogP contribution in [0, 0.1) is 5.82 Å². The average molecular weight is 330 g/mol. The molecule has 0 saturated heterocycles. The number of benzene rings is 1. The molecular formula is C13H11BrClFN2. The van der Waals surface area contributed by atoms with Gasteiger partial charge in [-0.15, -0.1) is 0 Å². The molecule has 1 unspecified atom stereocenters. The van der Waals surface area contributed by atoms with E-state index in [1.165, 1.54) is 6.20 Å². The highest BCUT2D eigenvalue weighted by atomic mass is 79.9. The summed E-state index contributed by atoms with van der Waals surface area (Å²) in [5, 5.41) is 3.65. The Bertz CT molecular complexity index is 562. The molecule has 0 saturated carbocycles. The van der Waals surface area contributed by atoms with Gasteiger partial charge in [0, 0.05) is 21.3 Å². The average Bonchev–Trinajstić information content (AvgIpc) is 2.34. The van der Waals surface area contributed by atoms with Gasteiger partial charge in [0.05, 0.1) is 12.2 Å². The zero-order valence-electron chi connectivity index (χ0n) is 9.62. The van der Waals surface area contributed by atoms with Gasteiger partial charge in [0.1, 0.15) is 5.82 Å². The summed E-state index contributed by atoms with van der Waals surface area (Å²) < 4.78 is 14.7. The Kier molecular flexibility index (Phi) is 4.32. The molecule has 2 rings (SSSR count). The molecule has 94 valence electrons. The van der Waals surface area contributed by atoms with Crippen molar-refractivity contribution < 1.29 is 4.39 Å². The Morgan fingerprint density at radius 1 is 1.33 bits per heavy atom. The van der Waals surface area contributed by atoms with E-state index in [4.69, 9.17) is 11.6 Å². The van der Waals surface area contributed by atoms with E-state index in [9.17, 15) is 4.39 Å². The van der Waals surface area contributed by atoms with E-state index in [2.05, 4.69) is 26.2 Å². The Morgan fingerprint density at radius 3 is 2.72 bits per heavy atom. The minimum atomic E-state index is -0.351. The Balaban J connectivity index is 2.49. The number of halogens is 3. The fraction of sp³-hybridized carbons (Fsp3) is 0.154. The minimum Gasteiger partial charge on any atom is -0.309 e. The highest BCUT2D eigenvalue weighted by Gasteiger charge is 2.18. The van der Waals surface area contributed by atoms with E-state index < -0.39 is 0 Å². The van der Waals surface area contributed by atoms with Crippen LogP contribution in [0.4, 0.5) is 4.39 Å². The minimum absolute atomic E-state index is 0.298. The SMILES string of the molecule is CNC(c1ccncc1F)c1ccc(Br)cc1Cl. The van der Waals surface area contributed by atoms with Gasteiger partial charge in [-0.3, -0.25) is 4.98 Å². The lowest BCUT2D eigenvalue weighted by Gasteiger charge is -2.19. The van der Waals surface area contributed by atoms with Gasteiger partial charge in [-0.1, -0.05) is 33.6 Å². The molecule has 2 nitrogen and oxygen atoms in total. The highest BCUT2D eigenvalue weighted by molar-refractivity contribution is 9.10. The lowest BCUT2D eigenvalue weighted by Crippen LogP contribution is -2.19. The fourth-order valence-corrected chi connectivity index (χ4v) is 2.62. The first-order chi connectivity index (χ1) is 8.63. The predicted molar refractivity (Wildman–Crippen MR) is 74.2 cm³/mol. The summed E-state index contributed by atoms with van der Waals surface area (Å²) in [6.07, 6.45) is 2.77. The summed E-state index contributed by atoms with van der Waals surface area (Å²) in [5.74, 6) is -0.351. The number of nitrogens with zero attached hydrogens (tertiary/aromatic N) is 1. The standard InChI is InChI=1S/C13H11BrClFN2/c1-17-13(10-4-5-18-7-12(10)16)9-3-2-8(14)6-11(9)15/h2-7,13,17H,1H3. The smallest absolute Gasteiger partial charge is 0.146 e. The lowest BCUT2D eigenvalue weighted by molar-refractivity contribution is 0.571. The van der Waals surface area contributed by atoms with Crippen molar-refractivity contribution in [3.8, 4) is 0 Å².